The predicted molar refractivity (Wildman–Crippen MR) is 70.2 cm³/mol. The van der Waals surface area contributed by atoms with Crippen molar-refractivity contribution >= 4 is 22.4 Å². The van der Waals surface area contributed by atoms with Crippen LogP contribution in [0.1, 0.15) is 6.42 Å². The molecular weight excluding hydrogens is 212 g/mol. The molecule has 0 spiro atoms. The van der Waals surface area contributed by atoms with Crippen molar-refractivity contribution in [2.45, 2.75) is 6.42 Å². The summed E-state index contributed by atoms with van der Waals surface area (Å²) in [5, 5.41) is 3.25. The lowest BCUT2D eigenvalue weighted by atomic mass is 10.2. The smallest absolute Gasteiger partial charge is 0.116 e. The molecular formula is C13H14N4. The zero-order valence-electron chi connectivity index (χ0n) is 9.72. The fourth-order valence-corrected chi connectivity index (χ4v) is 2.05. The topological polar surface area (TPSA) is 40.5 Å². The van der Waals surface area contributed by atoms with Crippen LogP contribution in [0.5, 0.6) is 0 Å². The number of benzene rings is 1. The number of aliphatic imine (C=N–C) groups is 1. The van der Waals surface area contributed by atoms with Crippen molar-refractivity contribution in [3.8, 4) is 0 Å². The van der Waals surface area contributed by atoms with Gasteiger partial charge in [0.15, 0.2) is 0 Å². The first-order chi connectivity index (χ1) is 8.36. The van der Waals surface area contributed by atoms with Gasteiger partial charge >= 0.3 is 0 Å². The van der Waals surface area contributed by atoms with Crippen LogP contribution in [0.25, 0.3) is 10.9 Å². The number of para-hydroxylation sites is 1. The van der Waals surface area contributed by atoms with E-state index in [1.807, 2.05) is 31.4 Å². The van der Waals surface area contributed by atoms with Gasteiger partial charge in [0.25, 0.3) is 0 Å². The third-order valence-electron chi connectivity index (χ3n) is 2.99. The van der Waals surface area contributed by atoms with E-state index in [-0.39, 0.29) is 0 Å². The van der Waals surface area contributed by atoms with Gasteiger partial charge in [0, 0.05) is 25.4 Å². The molecule has 86 valence electrons. The fourth-order valence-electron chi connectivity index (χ4n) is 2.05. The lowest BCUT2D eigenvalue weighted by Crippen LogP contribution is -2.33. The molecule has 2 aromatic rings. The lowest BCUT2D eigenvalue weighted by molar-refractivity contribution is 0.855. The summed E-state index contributed by atoms with van der Waals surface area (Å²) in [5.41, 5.74) is 5.38. The summed E-state index contributed by atoms with van der Waals surface area (Å²) in [7, 11) is 1.81. The minimum atomic E-state index is 0.937. The SMILES string of the molecule is CN=C1CCN(c2cnc3ccccc3c2)N1. The number of nitrogens with one attached hydrogen (secondary N) is 1. The van der Waals surface area contributed by atoms with Gasteiger partial charge in [-0.15, -0.1) is 0 Å². The molecule has 4 nitrogen and oxygen atoms in total. The quantitative estimate of drug-likeness (QED) is 0.808. The summed E-state index contributed by atoms with van der Waals surface area (Å²) in [6.07, 6.45) is 2.86. The number of pyridine rings is 1. The summed E-state index contributed by atoms with van der Waals surface area (Å²) in [5.74, 6) is 1.03. The standard InChI is InChI=1S/C13H14N4/c1-14-13-6-7-17(16-13)11-8-10-4-2-3-5-12(10)15-9-11/h2-5,8-9H,6-7H2,1H3,(H,14,16). The van der Waals surface area contributed by atoms with Gasteiger partial charge in [0.2, 0.25) is 0 Å². The zero-order chi connectivity index (χ0) is 11.7. The molecule has 0 aliphatic carbocycles. The molecule has 0 radical (unpaired) electrons. The van der Waals surface area contributed by atoms with E-state index in [0.717, 1.165) is 35.4 Å². The first-order valence-electron chi connectivity index (χ1n) is 5.71. The minimum Gasteiger partial charge on any atom is -0.285 e. The van der Waals surface area contributed by atoms with Crippen molar-refractivity contribution in [3.63, 3.8) is 0 Å². The Kier molecular flexibility index (Phi) is 2.40. The number of hydrogen-bond donors (Lipinski definition) is 1. The summed E-state index contributed by atoms with van der Waals surface area (Å²) < 4.78 is 0. The highest BCUT2D eigenvalue weighted by Gasteiger charge is 2.17. The summed E-state index contributed by atoms with van der Waals surface area (Å²) in [4.78, 5) is 8.62. The molecule has 0 saturated carbocycles. The number of rotatable bonds is 1. The summed E-state index contributed by atoms with van der Waals surface area (Å²) >= 11 is 0. The average molecular weight is 226 g/mol. The molecule has 0 atom stereocenters. The molecule has 0 bridgehead atoms. The van der Waals surface area contributed by atoms with Gasteiger partial charge < -0.3 is 0 Å². The number of amidine groups is 1. The number of aromatic nitrogens is 1. The zero-order valence-corrected chi connectivity index (χ0v) is 9.72. The molecule has 4 heteroatoms. The molecule has 0 unspecified atom stereocenters. The van der Waals surface area contributed by atoms with Crippen molar-refractivity contribution in [2.24, 2.45) is 4.99 Å². The Morgan fingerprint density at radius 2 is 2.24 bits per heavy atom. The molecule has 1 aromatic carbocycles. The predicted octanol–water partition coefficient (Wildman–Crippen LogP) is 1.98. The van der Waals surface area contributed by atoms with Gasteiger partial charge in [0.1, 0.15) is 5.84 Å². The number of anilines is 1. The van der Waals surface area contributed by atoms with Crippen LogP contribution >= 0.6 is 0 Å². The summed E-state index contributed by atoms with van der Waals surface area (Å²) in [6, 6.07) is 10.3. The van der Waals surface area contributed by atoms with E-state index in [1.54, 1.807) is 0 Å². The van der Waals surface area contributed by atoms with Gasteiger partial charge in [-0.1, -0.05) is 18.2 Å². The van der Waals surface area contributed by atoms with Gasteiger partial charge in [-0.05, 0) is 12.1 Å². The number of fused-ring (bicyclic) bond motifs is 1. The van der Waals surface area contributed by atoms with Crippen molar-refractivity contribution in [3.05, 3.63) is 36.5 Å². The van der Waals surface area contributed by atoms with Gasteiger partial charge in [-0.25, -0.2) is 0 Å². The van der Waals surface area contributed by atoms with Gasteiger partial charge in [-0.3, -0.25) is 20.4 Å². The Bertz CT molecular complexity index is 576. The maximum Gasteiger partial charge on any atom is 0.116 e. The second-order valence-electron chi connectivity index (χ2n) is 4.07. The molecule has 1 aliphatic heterocycles. The van der Waals surface area contributed by atoms with Gasteiger partial charge in [-0.2, -0.15) is 0 Å². The van der Waals surface area contributed by atoms with Gasteiger partial charge in [0.05, 0.1) is 17.4 Å². The first kappa shape index (κ1) is 10.1. The van der Waals surface area contributed by atoms with E-state index in [4.69, 9.17) is 0 Å². The first-order valence-corrected chi connectivity index (χ1v) is 5.71. The normalized spacial score (nSPS) is 17.7. The molecule has 17 heavy (non-hydrogen) atoms. The highest BCUT2D eigenvalue weighted by atomic mass is 15.5. The second kappa shape index (κ2) is 4.05. The van der Waals surface area contributed by atoms with E-state index >= 15 is 0 Å². The highest BCUT2D eigenvalue weighted by Crippen LogP contribution is 2.20. The molecule has 1 aromatic heterocycles. The molecule has 1 aliphatic rings. The molecule has 0 amide bonds. The molecule has 1 saturated heterocycles. The Morgan fingerprint density at radius 1 is 1.35 bits per heavy atom. The Morgan fingerprint density at radius 3 is 3.06 bits per heavy atom. The largest absolute Gasteiger partial charge is 0.285 e. The maximum absolute atomic E-state index is 4.46. The van der Waals surface area contributed by atoms with E-state index < -0.39 is 0 Å². The van der Waals surface area contributed by atoms with Crippen LogP contribution in [0.4, 0.5) is 5.69 Å². The van der Waals surface area contributed by atoms with Crippen LogP contribution in [0.2, 0.25) is 0 Å². The van der Waals surface area contributed by atoms with Crippen molar-refractivity contribution in [1.82, 2.24) is 10.4 Å². The number of hydrazine groups is 1. The second-order valence-corrected chi connectivity index (χ2v) is 4.07. The average Bonchev–Trinajstić information content (AvgIpc) is 2.87. The summed E-state index contributed by atoms with van der Waals surface area (Å²) in [6.45, 7) is 0.937. The molecule has 2 heterocycles. The van der Waals surface area contributed by atoms with Crippen molar-refractivity contribution in [2.75, 3.05) is 18.6 Å². The van der Waals surface area contributed by atoms with E-state index in [1.165, 1.54) is 0 Å². The van der Waals surface area contributed by atoms with Crippen LogP contribution in [0.15, 0.2) is 41.5 Å². The van der Waals surface area contributed by atoms with Crippen LogP contribution < -0.4 is 10.4 Å². The van der Waals surface area contributed by atoms with Crippen LogP contribution in [0.3, 0.4) is 0 Å². The monoisotopic (exact) mass is 226 g/mol. The van der Waals surface area contributed by atoms with E-state index in [0.29, 0.717) is 0 Å². The third kappa shape index (κ3) is 1.82. The molecule has 3 rings (SSSR count). The lowest BCUT2D eigenvalue weighted by Gasteiger charge is -2.17. The number of nitrogens with zero attached hydrogens (tertiary/aromatic N) is 3. The van der Waals surface area contributed by atoms with Crippen LogP contribution in [0, 0.1) is 0 Å². The fraction of sp³-hybridized carbons (Fsp3) is 0.231. The minimum absolute atomic E-state index is 0.937. The Labute approximate surface area is 100.0 Å². The van der Waals surface area contributed by atoms with Crippen LogP contribution in [-0.4, -0.2) is 24.4 Å². The number of hydrogen-bond acceptors (Lipinski definition) is 3. The van der Waals surface area contributed by atoms with Crippen molar-refractivity contribution < 1.29 is 0 Å². The van der Waals surface area contributed by atoms with Crippen molar-refractivity contribution in [1.29, 1.82) is 0 Å². The van der Waals surface area contributed by atoms with E-state index in [9.17, 15) is 0 Å². The maximum atomic E-state index is 4.46. The van der Waals surface area contributed by atoms with Crippen LogP contribution in [-0.2, 0) is 0 Å². The Balaban J connectivity index is 1.96. The highest BCUT2D eigenvalue weighted by molar-refractivity contribution is 5.88. The Hall–Kier alpha value is -2.10. The molecule has 1 fully saturated rings. The molecule has 1 N–H and O–H groups in total. The third-order valence-corrected chi connectivity index (χ3v) is 2.99. The van der Waals surface area contributed by atoms with E-state index in [2.05, 4.69) is 32.5 Å².